The van der Waals surface area contributed by atoms with Crippen molar-refractivity contribution in [1.29, 1.82) is 0 Å². The van der Waals surface area contributed by atoms with Crippen molar-refractivity contribution in [1.82, 2.24) is 14.8 Å². The van der Waals surface area contributed by atoms with Crippen molar-refractivity contribution in [2.24, 2.45) is 0 Å². The van der Waals surface area contributed by atoms with Gasteiger partial charge in [-0.15, -0.1) is 5.10 Å². The summed E-state index contributed by atoms with van der Waals surface area (Å²) in [5.41, 5.74) is 6.71. The molecule has 1 aromatic carbocycles. The standard InChI is InChI=1S/C10H11BN4O3/c1-18-8-6(3-2-4-7(8)12)9-13-5-15(14-9)10(11,16)17/h2-5,16-17H,12H2,1H3. The zero-order valence-electron chi connectivity index (χ0n) is 9.61. The monoisotopic (exact) mass is 246 g/mol. The lowest BCUT2D eigenvalue weighted by Crippen LogP contribution is -2.33. The van der Waals surface area contributed by atoms with Gasteiger partial charge in [0.25, 0.3) is 0 Å². The van der Waals surface area contributed by atoms with Crippen LogP contribution in [0.25, 0.3) is 11.4 Å². The zero-order valence-corrected chi connectivity index (χ0v) is 9.61. The summed E-state index contributed by atoms with van der Waals surface area (Å²) in [4.78, 5) is 3.92. The van der Waals surface area contributed by atoms with Gasteiger partial charge in [0.1, 0.15) is 6.33 Å². The van der Waals surface area contributed by atoms with E-state index in [1.807, 2.05) is 0 Å². The summed E-state index contributed by atoms with van der Waals surface area (Å²) in [6.45, 7) is 0. The molecule has 0 saturated carbocycles. The minimum atomic E-state index is -2.60. The molecule has 7 nitrogen and oxygen atoms in total. The lowest BCUT2D eigenvalue weighted by molar-refractivity contribution is -0.160. The smallest absolute Gasteiger partial charge is 0.210 e. The number of rotatable bonds is 3. The first kappa shape index (κ1) is 12.4. The van der Waals surface area contributed by atoms with Crippen LogP contribution in [0.2, 0.25) is 0 Å². The molecule has 0 spiro atoms. The summed E-state index contributed by atoms with van der Waals surface area (Å²) in [5.74, 6) is -1.97. The van der Waals surface area contributed by atoms with Gasteiger partial charge >= 0.3 is 0 Å². The van der Waals surface area contributed by atoms with E-state index in [2.05, 4.69) is 10.1 Å². The molecular weight excluding hydrogens is 235 g/mol. The Bertz CT molecular complexity index is 564. The number of methoxy groups -OCH3 is 1. The molecule has 4 N–H and O–H groups in total. The van der Waals surface area contributed by atoms with Gasteiger partial charge in [0.15, 0.2) is 19.4 Å². The van der Waals surface area contributed by atoms with Crippen molar-refractivity contribution < 1.29 is 14.9 Å². The third kappa shape index (κ3) is 2.15. The molecule has 0 unspecified atom stereocenters. The fraction of sp³-hybridized carbons (Fsp3) is 0.200. The maximum Gasteiger partial charge on any atom is 0.210 e. The molecule has 0 bridgehead atoms. The fourth-order valence-electron chi connectivity index (χ4n) is 1.50. The molecule has 0 fully saturated rings. The number of benzene rings is 1. The number of aliphatic hydroxyl groups is 2. The number of nitrogen functional groups attached to an aromatic ring is 1. The van der Waals surface area contributed by atoms with Crippen LogP contribution in [0.1, 0.15) is 0 Å². The normalized spacial score (nSPS) is 11.5. The molecule has 1 heterocycles. The minimum Gasteiger partial charge on any atom is -0.494 e. The van der Waals surface area contributed by atoms with E-state index in [1.165, 1.54) is 7.11 Å². The van der Waals surface area contributed by atoms with Crippen LogP contribution in [0.15, 0.2) is 24.5 Å². The van der Waals surface area contributed by atoms with Crippen LogP contribution in [0.5, 0.6) is 5.75 Å². The largest absolute Gasteiger partial charge is 0.494 e. The molecule has 2 rings (SSSR count). The highest BCUT2D eigenvalue weighted by molar-refractivity contribution is 6.10. The zero-order chi connectivity index (χ0) is 13.3. The fourth-order valence-corrected chi connectivity index (χ4v) is 1.50. The molecular formula is C10H11BN4O3. The number of para-hydroxylation sites is 1. The first-order valence-corrected chi connectivity index (χ1v) is 5.02. The average molecular weight is 246 g/mol. The van der Waals surface area contributed by atoms with E-state index in [0.717, 1.165) is 6.33 Å². The van der Waals surface area contributed by atoms with Crippen LogP contribution in [-0.4, -0.2) is 39.9 Å². The van der Waals surface area contributed by atoms with E-state index in [0.29, 0.717) is 21.7 Å². The predicted octanol–water partition coefficient (Wildman–Crippen LogP) is -0.743. The van der Waals surface area contributed by atoms with Gasteiger partial charge in [0, 0.05) is 0 Å². The van der Waals surface area contributed by atoms with Crippen molar-refractivity contribution in [3.05, 3.63) is 24.5 Å². The van der Waals surface area contributed by atoms with E-state index in [9.17, 15) is 0 Å². The van der Waals surface area contributed by atoms with Crippen LogP contribution in [0.4, 0.5) is 5.69 Å². The molecule has 0 aliphatic carbocycles. The van der Waals surface area contributed by atoms with E-state index in [1.54, 1.807) is 18.2 Å². The number of hydrogen-bond acceptors (Lipinski definition) is 6. The van der Waals surface area contributed by atoms with Gasteiger partial charge in [-0.25, -0.2) is 9.67 Å². The van der Waals surface area contributed by atoms with Gasteiger partial charge in [0.05, 0.1) is 18.4 Å². The van der Waals surface area contributed by atoms with E-state index in [4.69, 9.17) is 28.5 Å². The molecule has 2 radical (unpaired) electrons. The van der Waals surface area contributed by atoms with Gasteiger partial charge in [-0.2, -0.15) is 0 Å². The highest BCUT2D eigenvalue weighted by Gasteiger charge is 2.20. The Morgan fingerprint density at radius 3 is 2.72 bits per heavy atom. The van der Waals surface area contributed by atoms with Crippen LogP contribution in [-0.2, 0) is 5.81 Å². The Hall–Kier alpha value is -2.06. The Kier molecular flexibility index (Phi) is 2.97. The number of hydrogen-bond donors (Lipinski definition) is 3. The van der Waals surface area contributed by atoms with E-state index < -0.39 is 5.81 Å². The number of aromatic nitrogens is 3. The van der Waals surface area contributed by atoms with Gasteiger partial charge < -0.3 is 20.7 Å². The SMILES string of the molecule is [B]C(O)(O)n1cnc(-c2cccc(N)c2OC)n1. The second kappa shape index (κ2) is 4.32. The maximum absolute atomic E-state index is 9.17. The summed E-state index contributed by atoms with van der Waals surface area (Å²) in [7, 11) is 6.53. The van der Waals surface area contributed by atoms with Gasteiger partial charge in [-0.05, 0) is 12.1 Å². The Morgan fingerprint density at radius 1 is 1.44 bits per heavy atom. The molecule has 1 aromatic heterocycles. The van der Waals surface area contributed by atoms with Gasteiger partial charge in [-0.1, -0.05) is 6.07 Å². The lowest BCUT2D eigenvalue weighted by Gasteiger charge is -2.15. The second-order valence-corrected chi connectivity index (χ2v) is 3.63. The van der Waals surface area contributed by atoms with Crippen LogP contribution in [0.3, 0.4) is 0 Å². The lowest BCUT2D eigenvalue weighted by atomic mass is 10.1. The van der Waals surface area contributed by atoms with Crippen molar-refractivity contribution in [2.75, 3.05) is 12.8 Å². The Morgan fingerprint density at radius 2 is 2.17 bits per heavy atom. The van der Waals surface area contributed by atoms with Gasteiger partial charge in [-0.3, -0.25) is 0 Å². The number of anilines is 1. The molecule has 0 saturated heterocycles. The van der Waals surface area contributed by atoms with E-state index in [-0.39, 0.29) is 5.82 Å². The van der Waals surface area contributed by atoms with E-state index >= 15 is 0 Å². The molecule has 0 atom stereocenters. The molecule has 2 aromatic rings. The molecule has 0 aliphatic heterocycles. The summed E-state index contributed by atoms with van der Waals surface area (Å²) >= 11 is 0. The highest BCUT2D eigenvalue weighted by atomic mass is 16.5. The number of nitrogens with zero attached hydrogens (tertiary/aromatic N) is 3. The van der Waals surface area contributed by atoms with Gasteiger partial charge in [0.2, 0.25) is 5.81 Å². The Labute approximate surface area is 104 Å². The van der Waals surface area contributed by atoms with Crippen molar-refractivity contribution >= 4 is 13.5 Å². The number of ether oxygens (including phenoxy) is 1. The molecule has 92 valence electrons. The summed E-state index contributed by atoms with van der Waals surface area (Å²) in [5, 5.41) is 22.2. The first-order chi connectivity index (χ1) is 8.43. The van der Waals surface area contributed by atoms with Crippen LogP contribution in [0, 0.1) is 0 Å². The molecule has 0 aliphatic rings. The average Bonchev–Trinajstić information content (AvgIpc) is 2.77. The van der Waals surface area contributed by atoms with Crippen molar-refractivity contribution in [2.45, 2.75) is 5.81 Å². The third-order valence-corrected chi connectivity index (χ3v) is 2.32. The molecule has 8 heteroatoms. The predicted molar refractivity (Wildman–Crippen MR) is 64.6 cm³/mol. The maximum atomic E-state index is 9.17. The minimum absolute atomic E-state index is 0.220. The Balaban J connectivity index is 2.50. The summed E-state index contributed by atoms with van der Waals surface area (Å²) in [6, 6.07) is 5.08. The summed E-state index contributed by atoms with van der Waals surface area (Å²) in [6.07, 6.45) is 1.10. The second-order valence-electron chi connectivity index (χ2n) is 3.63. The highest BCUT2D eigenvalue weighted by Crippen LogP contribution is 2.32. The van der Waals surface area contributed by atoms with Crippen molar-refractivity contribution in [3.63, 3.8) is 0 Å². The van der Waals surface area contributed by atoms with Crippen molar-refractivity contribution in [3.8, 4) is 17.1 Å². The van der Waals surface area contributed by atoms with Crippen LogP contribution < -0.4 is 10.5 Å². The first-order valence-electron chi connectivity index (χ1n) is 5.02. The number of nitrogens with two attached hydrogens (primary N) is 1. The quantitative estimate of drug-likeness (QED) is 0.374. The molecule has 0 amide bonds. The third-order valence-electron chi connectivity index (χ3n) is 2.32. The van der Waals surface area contributed by atoms with Crippen LogP contribution >= 0.6 is 0 Å². The topological polar surface area (TPSA) is 106 Å². The molecule has 18 heavy (non-hydrogen) atoms. The summed E-state index contributed by atoms with van der Waals surface area (Å²) < 4.78 is 5.87.